The van der Waals surface area contributed by atoms with Gasteiger partial charge < -0.3 is 4.74 Å². The summed E-state index contributed by atoms with van der Waals surface area (Å²) in [5.41, 5.74) is 1.11. The topological polar surface area (TPSA) is 59.5 Å². The molecule has 0 fully saturated rings. The average Bonchev–Trinajstić information content (AvgIpc) is 3.16. The highest BCUT2D eigenvalue weighted by molar-refractivity contribution is 9.10. The summed E-state index contributed by atoms with van der Waals surface area (Å²) in [5.74, 6) is -0.457. The van der Waals surface area contributed by atoms with Crippen molar-refractivity contribution in [1.82, 2.24) is 4.98 Å². The fourth-order valence-corrected chi connectivity index (χ4v) is 3.96. The molecule has 0 aliphatic rings. The number of aromatic nitrogens is 1. The smallest absolute Gasteiger partial charge is 0.230 e. The van der Waals surface area contributed by atoms with Crippen LogP contribution in [0.25, 0.3) is 6.08 Å². The molecule has 0 saturated heterocycles. The molecule has 0 aliphatic heterocycles. The SMILES string of the molecule is COc1ccc(C(=O)C=Cc2csc(N(C(C)=O)c3ccccc3F)n2)cc1Br. The van der Waals surface area contributed by atoms with E-state index in [0.717, 1.165) is 0 Å². The molecule has 29 heavy (non-hydrogen) atoms. The number of amides is 1. The van der Waals surface area contributed by atoms with Crippen LogP contribution in [0.4, 0.5) is 15.2 Å². The van der Waals surface area contributed by atoms with Crippen LogP contribution in [0.1, 0.15) is 23.0 Å². The fraction of sp³-hybridized carbons (Fsp3) is 0.0952. The van der Waals surface area contributed by atoms with Crippen LogP contribution in [0.15, 0.2) is 58.4 Å². The van der Waals surface area contributed by atoms with E-state index in [1.165, 1.54) is 41.4 Å². The zero-order valence-electron chi connectivity index (χ0n) is 15.6. The molecule has 1 heterocycles. The van der Waals surface area contributed by atoms with Gasteiger partial charge in [0, 0.05) is 17.9 Å². The summed E-state index contributed by atoms with van der Waals surface area (Å²) in [4.78, 5) is 30.0. The third-order valence-corrected chi connectivity index (χ3v) is 5.41. The quantitative estimate of drug-likeness (QED) is 0.342. The van der Waals surface area contributed by atoms with Gasteiger partial charge in [-0.1, -0.05) is 12.1 Å². The Morgan fingerprint density at radius 3 is 2.66 bits per heavy atom. The fourth-order valence-electron chi connectivity index (χ4n) is 2.57. The van der Waals surface area contributed by atoms with Crippen LogP contribution in [0.3, 0.4) is 0 Å². The molecule has 1 amide bonds. The van der Waals surface area contributed by atoms with Gasteiger partial charge in [0.2, 0.25) is 5.91 Å². The Hall–Kier alpha value is -2.84. The molecule has 148 valence electrons. The zero-order valence-corrected chi connectivity index (χ0v) is 18.0. The second-order valence-electron chi connectivity index (χ2n) is 5.91. The molecule has 8 heteroatoms. The van der Waals surface area contributed by atoms with Crippen molar-refractivity contribution in [2.45, 2.75) is 6.92 Å². The van der Waals surface area contributed by atoms with Crippen molar-refractivity contribution in [3.63, 3.8) is 0 Å². The molecule has 0 atom stereocenters. The van der Waals surface area contributed by atoms with Gasteiger partial charge in [0.15, 0.2) is 10.9 Å². The standard InChI is InChI=1S/C21H16BrFN2O3S/c1-13(26)25(18-6-4-3-5-17(18)23)21-24-15(12-29-21)8-9-19(27)14-7-10-20(28-2)16(22)11-14/h3-12H,1-2H3. The number of hydrogen-bond acceptors (Lipinski definition) is 5. The first-order valence-corrected chi connectivity index (χ1v) is 10.1. The Labute approximate surface area is 179 Å². The number of thiazole rings is 1. The van der Waals surface area contributed by atoms with Crippen molar-refractivity contribution in [2.75, 3.05) is 12.0 Å². The van der Waals surface area contributed by atoms with Gasteiger partial charge >= 0.3 is 0 Å². The van der Waals surface area contributed by atoms with E-state index in [9.17, 15) is 14.0 Å². The molecule has 0 bridgehead atoms. The van der Waals surface area contributed by atoms with E-state index in [0.29, 0.717) is 26.6 Å². The predicted octanol–water partition coefficient (Wildman–Crippen LogP) is 5.63. The summed E-state index contributed by atoms with van der Waals surface area (Å²) in [5, 5.41) is 2.02. The molecule has 0 N–H and O–H groups in total. The molecule has 0 saturated carbocycles. The van der Waals surface area contributed by atoms with Crippen molar-refractivity contribution >= 4 is 55.9 Å². The number of ether oxygens (including phenoxy) is 1. The molecular weight excluding hydrogens is 459 g/mol. The maximum absolute atomic E-state index is 14.1. The van der Waals surface area contributed by atoms with E-state index in [4.69, 9.17) is 4.74 Å². The summed E-state index contributed by atoms with van der Waals surface area (Å²) < 4.78 is 20.0. The van der Waals surface area contributed by atoms with Crippen molar-refractivity contribution in [2.24, 2.45) is 0 Å². The van der Waals surface area contributed by atoms with E-state index >= 15 is 0 Å². The van der Waals surface area contributed by atoms with Crippen LogP contribution in [0.2, 0.25) is 0 Å². The van der Waals surface area contributed by atoms with Crippen LogP contribution >= 0.6 is 27.3 Å². The summed E-state index contributed by atoms with van der Waals surface area (Å²) >= 11 is 4.54. The lowest BCUT2D eigenvalue weighted by molar-refractivity contribution is -0.115. The van der Waals surface area contributed by atoms with Gasteiger partial charge in [0.1, 0.15) is 11.6 Å². The normalized spacial score (nSPS) is 10.9. The first-order chi connectivity index (χ1) is 13.9. The summed E-state index contributed by atoms with van der Waals surface area (Å²) in [6.07, 6.45) is 2.95. The molecule has 3 aromatic rings. The monoisotopic (exact) mass is 474 g/mol. The highest BCUT2D eigenvalue weighted by atomic mass is 79.9. The van der Waals surface area contributed by atoms with E-state index in [2.05, 4.69) is 20.9 Å². The second kappa shape index (κ2) is 9.11. The molecule has 0 spiro atoms. The highest BCUT2D eigenvalue weighted by Gasteiger charge is 2.20. The maximum atomic E-state index is 14.1. The Bertz CT molecular complexity index is 1100. The number of allylic oxidation sites excluding steroid dienone is 1. The Balaban J connectivity index is 1.82. The van der Waals surface area contributed by atoms with Crippen molar-refractivity contribution < 1.29 is 18.7 Å². The lowest BCUT2D eigenvalue weighted by Gasteiger charge is -2.18. The number of carbonyl (C=O) groups is 2. The third kappa shape index (κ3) is 4.78. The lowest BCUT2D eigenvalue weighted by Crippen LogP contribution is -2.23. The van der Waals surface area contributed by atoms with E-state index in [1.54, 1.807) is 48.9 Å². The highest BCUT2D eigenvalue weighted by Crippen LogP contribution is 2.31. The van der Waals surface area contributed by atoms with Crippen molar-refractivity contribution in [1.29, 1.82) is 0 Å². The third-order valence-electron chi connectivity index (χ3n) is 3.95. The number of methoxy groups -OCH3 is 1. The van der Waals surface area contributed by atoms with Gasteiger partial charge in [-0.25, -0.2) is 9.37 Å². The van der Waals surface area contributed by atoms with Crippen LogP contribution in [-0.2, 0) is 4.79 Å². The number of para-hydroxylation sites is 1. The molecule has 0 unspecified atom stereocenters. The molecule has 1 aromatic heterocycles. The van der Waals surface area contributed by atoms with E-state index in [1.807, 2.05) is 0 Å². The zero-order chi connectivity index (χ0) is 21.0. The lowest BCUT2D eigenvalue weighted by atomic mass is 10.1. The minimum Gasteiger partial charge on any atom is -0.496 e. The minimum absolute atomic E-state index is 0.129. The van der Waals surface area contributed by atoms with Crippen LogP contribution in [0, 0.1) is 5.82 Å². The number of rotatable bonds is 6. The molecule has 2 aromatic carbocycles. The number of benzene rings is 2. The maximum Gasteiger partial charge on any atom is 0.230 e. The van der Waals surface area contributed by atoms with Gasteiger partial charge in [-0.3, -0.25) is 14.5 Å². The molecule has 0 aliphatic carbocycles. The first-order valence-electron chi connectivity index (χ1n) is 8.47. The van der Waals surface area contributed by atoms with E-state index in [-0.39, 0.29) is 17.4 Å². The first kappa shape index (κ1) is 20.9. The summed E-state index contributed by atoms with van der Waals surface area (Å²) in [6.45, 7) is 1.34. The van der Waals surface area contributed by atoms with Crippen molar-refractivity contribution in [3.8, 4) is 5.75 Å². The van der Waals surface area contributed by atoms with Gasteiger partial charge in [-0.05, 0) is 58.4 Å². The largest absolute Gasteiger partial charge is 0.496 e. The van der Waals surface area contributed by atoms with Gasteiger partial charge in [-0.15, -0.1) is 11.3 Å². The second-order valence-corrected chi connectivity index (χ2v) is 7.60. The van der Waals surface area contributed by atoms with Crippen LogP contribution in [-0.4, -0.2) is 23.8 Å². The van der Waals surface area contributed by atoms with Gasteiger partial charge in [0.05, 0.1) is 23.0 Å². The number of hydrogen-bond donors (Lipinski definition) is 0. The Morgan fingerprint density at radius 2 is 2.00 bits per heavy atom. The average molecular weight is 475 g/mol. The number of nitrogens with zero attached hydrogens (tertiary/aromatic N) is 2. The number of ketones is 1. The number of anilines is 2. The summed E-state index contributed by atoms with van der Waals surface area (Å²) in [6, 6.07) is 11.0. The van der Waals surface area contributed by atoms with Gasteiger partial charge in [-0.2, -0.15) is 0 Å². The van der Waals surface area contributed by atoms with Crippen LogP contribution < -0.4 is 9.64 Å². The van der Waals surface area contributed by atoms with Crippen molar-refractivity contribution in [3.05, 3.63) is 75.5 Å². The molecular formula is C21H16BrFN2O3S. The number of halogens is 2. The Kier molecular flexibility index (Phi) is 6.56. The molecule has 5 nitrogen and oxygen atoms in total. The van der Waals surface area contributed by atoms with Crippen LogP contribution in [0.5, 0.6) is 5.75 Å². The molecule has 3 rings (SSSR count). The Morgan fingerprint density at radius 1 is 1.24 bits per heavy atom. The van der Waals surface area contributed by atoms with Gasteiger partial charge in [0.25, 0.3) is 0 Å². The predicted molar refractivity (Wildman–Crippen MR) is 115 cm³/mol. The summed E-state index contributed by atoms with van der Waals surface area (Å²) in [7, 11) is 1.55. The number of carbonyl (C=O) groups excluding carboxylic acids is 2. The minimum atomic E-state index is -0.518. The molecule has 0 radical (unpaired) electrons. The van der Waals surface area contributed by atoms with E-state index < -0.39 is 5.82 Å².